The van der Waals surface area contributed by atoms with Crippen molar-refractivity contribution in [2.24, 2.45) is 0 Å². The van der Waals surface area contributed by atoms with Gasteiger partial charge in [-0.3, -0.25) is 4.79 Å². The summed E-state index contributed by atoms with van der Waals surface area (Å²) in [5.41, 5.74) is 0.805. The third-order valence-corrected chi connectivity index (χ3v) is 3.90. The lowest BCUT2D eigenvalue weighted by atomic mass is 10.0. The fourth-order valence-corrected chi connectivity index (χ4v) is 2.81. The first kappa shape index (κ1) is 13.7. The number of ether oxygens (including phenoxy) is 2. The van der Waals surface area contributed by atoms with Gasteiger partial charge in [0.2, 0.25) is 12.7 Å². The summed E-state index contributed by atoms with van der Waals surface area (Å²) in [5, 5.41) is 9.22. The van der Waals surface area contributed by atoms with Crippen LogP contribution in [0.2, 0.25) is 0 Å². The number of carbonyl (C=O) groups excluding carboxylic acids is 1. The first-order valence-electron chi connectivity index (χ1n) is 7.06. The Morgan fingerprint density at radius 2 is 2.05 bits per heavy atom. The molecule has 21 heavy (non-hydrogen) atoms. The zero-order valence-electron chi connectivity index (χ0n) is 11.6. The fourth-order valence-electron chi connectivity index (χ4n) is 2.81. The first-order chi connectivity index (χ1) is 10.1. The number of likely N-dealkylation sites (tertiary alicyclic amines) is 1. The summed E-state index contributed by atoms with van der Waals surface area (Å²) in [6.45, 7) is 0.709. The van der Waals surface area contributed by atoms with E-state index in [0.717, 1.165) is 18.4 Å². The summed E-state index contributed by atoms with van der Waals surface area (Å²) in [4.78, 5) is 25.1. The summed E-state index contributed by atoms with van der Waals surface area (Å²) in [6, 6.07) is 4.67. The molecule has 6 nitrogen and oxygen atoms in total. The molecule has 6 heteroatoms. The molecular formula is C15H17NO5. The van der Waals surface area contributed by atoms with Gasteiger partial charge >= 0.3 is 5.97 Å². The molecule has 2 heterocycles. The van der Waals surface area contributed by atoms with Crippen molar-refractivity contribution in [2.75, 3.05) is 13.3 Å². The van der Waals surface area contributed by atoms with Crippen LogP contribution in [0.1, 0.15) is 24.8 Å². The number of rotatable bonds is 3. The SMILES string of the molecule is O=C(O)[C@H]1CCCCN1C(=O)Cc1ccc2c(c1)OCO2. The first-order valence-corrected chi connectivity index (χ1v) is 7.06. The molecule has 1 fully saturated rings. The van der Waals surface area contributed by atoms with Gasteiger partial charge in [0.1, 0.15) is 6.04 Å². The van der Waals surface area contributed by atoms with Crippen molar-refractivity contribution in [3.8, 4) is 11.5 Å². The van der Waals surface area contributed by atoms with Crippen molar-refractivity contribution < 1.29 is 24.2 Å². The van der Waals surface area contributed by atoms with E-state index in [2.05, 4.69) is 0 Å². The van der Waals surface area contributed by atoms with Gasteiger partial charge in [-0.2, -0.15) is 0 Å². The smallest absolute Gasteiger partial charge is 0.326 e. The lowest BCUT2D eigenvalue weighted by Gasteiger charge is -2.33. The number of benzene rings is 1. The summed E-state index contributed by atoms with van der Waals surface area (Å²) in [5.74, 6) is 0.232. The molecule has 112 valence electrons. The Hall–Kier alpha value is -2.24. The van der Waals surface area contributed by atoms with Crippen LogP contribution in [-0.2, 0) is 16.0 Å². The maximum Gasteiger partial charge on any atom is 0.326 e. The zero-order chi connectivity index (χ0) is 14.8. The number of piperidine rings is 1. The second-order valence-electron chi connectivity index (χ2n) is 5.30. The average molecular weight is 291 g/mol. The van der Waals surface area contributed by atoms with Gasteiger partial charge in [0, 0.05) is 6.54 Å². The fraction of sp³-hybridized carbons (Fsp3) is 0.467. The highest BCUT2D eigenvalue weighted by Gasteiger charge is 2.31. The summed E-state index contributed by atoms with van der Waals surface area (Å²) >= 11 is 0. The van der Waals surface area contributed by atoms with E-state index in [1.165, 1.54) is 4.90 Å². The Labute approximate surface area is 122 Å². The minimum atomic E-state index is -0.922. The quantitative estimate of drug-likeness (QED) is 0.911. The molecule has 0 radical (unpaired) electrons. The van der Waals surface area contributed by atoms with E-state index in [0.29, 0.717) is 24.5 Å². The van der Waals surface area contributed by atoms with Crippen LogP contribution in [0.15, 0.2) is 18.2 Å². The van der Waals surface area contributed by atoms with Crippen LogP contribution < -0.4 is 9.47 Å². The largest absolute Gasteiger partial charge is 0.480 e. The number of hydrogen-bond acceptors (Lipinski definition) is 4. The molecule has 0 saturated carbocycles. The Morgan fingerprint density at radius 1 is 1.24 bits per heavy atom. The second kappa shape index (κ2) is 5.63. The number of aliphatic carboxylic acids is 1. The van der Waals surface area contributed by atoms with Crippen LogP contribution in [0.4, 0.5) is 0 Å². The Bertz CT molecular complexity index is 571. The predicted octanol–water partition coefficient (Wildman–Crippen LogP) is 1.42. The van der Waals surface area contributed by atoms with Crippen molar-refractivity contribution in [2.45, 2.75) is 31.7 Å². The number of amides is 1. The molecule has 0 aromatic heterocycles. The van der Waals surface area contributed by atoms with E-state index in [1.807, 2.05) is 6.07 Å². The molecule has 1 atom stereocenters. The number of nitrogens with zero attached hydrogens (tertiary/aromatic N) is 1. The van der Waals surface area contributed by atoms with Crippen LogP contribution in [0, 0.1) is 0 Å². The molecule has 1 aromatic carbocycles. The molecule has 1 N–H and O–H groups in total. The highest BCUT2D eigenvalue weighted by atomic mass is 16.7. The Kier molecular flexibility index (Phi) is 3.68. The van der Waals surface area contributed by atoms with Crippen molar-refractivity contribution in [1.29, 1.82) is 0 Å². The van der Waals surface area contributed by atoms with Crippen molar-refractivity contribution >= 4 is 11.9 Å². The van der Waals surface area contributed by atoms with Gasteiger partial charge in [0.25, 0.3) is 0 Å². The van der Waals surface area contributed by atoms with Gasteiger partial charge < -0.3 is 19.5 Å². The highest BCUT2D eigenvalue weighted by molar-refractivity contribution is 5.85. The second-order valence-corrected chi connectivity index (χ2v) is 5.30. The van der Waals surface area contributed by atoms with Crippen LogP contribution in [-0.4, -0.2) is 41.3 Å². The summed E-state index contributed by atoms with van der Waals surface area (Å²) in [6.07, 6.45) is 2.42. The number of fused-ring (bicyclic) bond motifs is 1. The summed E-state index contributed by atoms with van der Waals surface area (Å²) < 4.78 is 10.5. The average Bonchev–Trinajstić information content (AvgIpc) is 2.94. The number of carboxylic acid groups (broad SMARTS) is 1. The number of hydrogen-bond donors (Lipinski definition) is 1. The van der Waals surface area contributed by atoms with Gasteiger partial charge in [0.15, 0.2) is 11.5 Å². The van der Waals surface area contributed by atoms with Gasteiger partial charge in [-0.05, 0) is 37.0 Å². The van der Waals surface area contributed by atoms with E-state index < -0.39 is 12.0 Å². The third-order valence-electron chi connectivity index (χ3n) is 3.90. The lowest BCUT2D eigenvalue weighted by Crippen LogP contribution is -2.48. The monoisotopic (exact) mass is 291 g/mol. The Balaban J connectivity index is 1.71. The molecule has 0 unspecified atom stereocenters. The molecule has 1 aromatic rings. The minimum Gasteiger partial charge on any atom is -0.480 e. The molecule has 2 aliphatic rings. The topological polar surface area (TPSA) is 76.1 Å². The van der Waals surface area contributed by atoms with E-state index in [4.69, 9.17) is 9.47 Å². The molecule has 0 aliphatic carbocycles. The number of carbonyl (C=O) groups is 2. The van der Waals surface area contributed by atoms with E-state index in [1.54, 1.807) is 12.1 Å². The lowest BCUT2D eigenvalue weighted by molar-refractivity contribution is -0.151. The third kappa shape index (κ3) is 2.79. The zero-order valence-corrected chi connectivity index (χ0v) is 11.6. The minimum absolute atomic E-state index is 0.152. The molecule has 2 aliphatic heterocycles. The molecule has 3 rings (SSSR count). The standard InChI is InChI=1S/C15H17NO5/c17-14(16-6-2-1-3-11(16)15(18)19)8-10-4-5-12-13(7-10)21-9-20-12/h4-5,7,11H,1-3,6,8-9H2,(H,18,19)/t11-/m1/s1. The molecule has 1 saturated heterocycles. The van der Waals surface area contributed by atoms with Crippen molar-refractivity contribution in [3.63, 3.8) is 0 Å². The van der Waals surface area contributed by atoms with Crippen LogP contribution in [0.3, 0.4) is 0 Å². The van der Waals surface area contributed by atoms with Crippen LogP contribution in [0.5, 0.6) is 11.5 Å². The summed E-state index contributed by atoms with van der Waals surface area (Å²) in [7, 11) is 0. The Morgan fingerprint density at radius 3 is 2.86 bits per heavy atom. The van der Waals surface area contributed by atoms with E-state index in [9.17, 15) is 14.7 Å². The van der Waals surface area contributed by atoms with E-state index >= 15 is 0 Å². The van der Waals surface area contributed by atoms with Gasteiger partial charge in [-0.1, -0.05) is 6.07 Å². The molecular weight excluding hydrogens is 274 g/mol. The maximum atomic E-state index is 12.4. The molecule has 1 amide bonds. The van der Waals surface area contributed by atoms with Crippen LogP contribution >= 0.6 is 0 Å². The van der Waals surface area contributed by atoms with Crippen molar-refractivity contribution in [1.82, 2.24) is 4.90 Å². The van der Waals surface area contributed by atoms with Crippen molar-refractivity contribution in [3.05, 3.63) is 23.8 Å². The number of carboxylic acids is 1. The van der Waals surface area contributed by atoms with Gasteiger partial charge in [-0.15, -0.1) is 0 Å². The normalized spacial score (nSPS) is 20.4. The van der Waals surface area contributed by atoms with Gasteiger partial charge in [0.05, 0.1) is 6.42 Å². The highest BCUT2D eigenvalue weighted by Crippen LogP contribution is 2.32. The maximum absolute atomic E-state index is 12.4. The molecule has 0 spiro atoms. The van der Waals surface area contributed by atoms with E-state index in [-0.39, 0.29) is 19.1 Å². The molecule has 0 bridgehead atoms. The van der Waals surface area contributed by atoms with Crippen LogP contribution in [0.25, 0.3) is 0 Å². The predicted molar refractivity (Wildman–Crippen MR) is 73.3 cm³/mol. The van der Waals surface area contributed by atoms with Gasteiger partial charge in [-0.25, -0.2) is 4.79 Å².